The fourth-order valence-corrected chi connectivity index (χ4v) is 3.53. The Morgan fingerprint density at radius 1 is 0.511 bits per heavy atom. The van der Waals surface area contributed by atoms with Gasteiger partial charge in [-0.05, 0) is 67.6 Å². The summed E-state index contributed by atoms with van der Waals surface area (Å²) in [4.78, 5) is 39.9. The van der Waals surface area contributed by atoms with Gasteiger partial charge >= 0.3 is 22.7 Å². The lowest BCUT2D eigenvalue weighted by atomic mass is 10.2. The summed E-state index contributed by atoms with van der Waals surface area (Å²) in [6, 6.07) is 20.9. The van der Waals surface area contributed by atoms with Crippen molar-refractivity contribution in [2.45, 2.75) is 6.92 Å². The van der Waals surface area contributed by atoms with Crippen LogP contribution in [0.2, 0.25) is 0 Å². The normalized spacial score (nSPS) is 10.6. The molecule has 2 N–H and O–H groups in total. The highest BCUT2D eigenvalue weighted by molar-refractivity contribution is 5.61. The first-order valence-electron chi connectivity index (χ1n) is 12.8. The molecule has 18 nitrogen and oxygen atoms in total. The number of anilines is 2. The molecule has 0 bridgehead atoms. The van der Waals surface area contributed by atoms with E-state index in [1.807, 2.05) is 19.1 Å². The third-order valence-corrected chi connectivity index (χ3v) is 5.67. The number of nitrogens with one attached hydrogen (secondary N) is 2. The van der Waals surface area contributed by atoms with Crippen molar-refractivity contribution in [2.75, 3.05) is 24.2 Å². The second-order valence-electron chi connectivity index (χ2n) is 8.65. The highest BCUT2D eigenvalue weighted by Gasteiger charge is 2.25. The van der Waals surface area contributed by atoms with Gasteiger partial charge in [-0.25, -0.2) is 0 Å². The SMILES string of the molecule is CCNc1ccc(N=Nc2ccc([N+](=O)[O-])c([N+](=O)[O-])c2)cc1.CNc1ccc(N=Nc2ccc([N+](=O)[O-])c([N+](=O)[O-])c2)cc1. The van der Waals surface area contributed by atoms with Crippen LogP contribution in [0.15, 0.2) is 105 Å². The second-order valence-corrected chi connectivity index (χ2v) is 8.65. The van der Waals surface area contributed by atoms with Crippen LogP contribution in [-0.2, 0) is 0 Å². The lowest BCUT2D eigenvalue weighted by Gasteiger charge is -2.01. The summed E-state index contributed by atoms with van der Waals surface area (Å²) in [5.41, 5.74) is 0.898. The van der Waals surface area contributed by atoms with Crippen LogP contribution >= 0.6 is 0 Å². The van der Waals surface area contributed by atoms with Gasteiger partial charge in [-0.15, -0.1) is 0 Å². The number of benzene rings is 4. The number of rotatable bonds is 11. The van der Waals surface area contributed by atoms with Crippen molar-refractivity contribution in [3.8, 4) is 0 Å². The molecular formula is C27H24N10O8. The van der Waals surface area contributed by atoms with E-state index < -0.39 is 42.4 Å². The zero-order valence-electron chi connectivity index (χ0n) is 23.6. The maximum absolute atomic E-state index is 10.9. The molecule has 0 saturated heterocycles. The van der Waals surface area contributed by atoms with Gasteiger partial charge < -0.3 is 10.6 Å². The van der Waals surface area contributed by atoms with E-state index in [-0.39, 0.29) is 11.4 Å². The molecule has 0 saturated carbocycles. The molecule has 4 aromatic rings. The van der Waals surface area contributed by atoms with Gasteiger partial charge in [0.05, 0.1) is 54.6 Å². The molecule has 0 atom stereocenters. The van der Waals surface area contributed by atoms with Crippen LogP contribution < -0.4 is 10.6 Å². The van der Waals surface area contributed by atoms with Gasteiger partial charge in [-0.1, -0.05) is 0 Å². The van der Waals surface area contributed by atoms with Crippen LogP contribution in [0.5, 0.6) is 0 Å². The van der Waals surface area contributed by atoms with E-state index in [1.165, 1.54) is 12.1 Å². The van der Waals surface area contributed by atoms with Gasteiger partial charge in [0, 0.05) is 37.1 Å². The Morgan fingerprint density at radius 3 is 1.18 bits per heavy atom. The molecule has 4 rings (SSSR count). The molecule has 0 spiro atoms. The summed E-state index contributed by atoms with van der Waals surface area (Å²) in [6.07, 6.45) is 0. The van der Waals surface area contributed by atoms with Crippen LogP contribution in [0.25, 0.3) is 0 Å². The van der Waals surface area contributed by atoms with Crippen molar-refractivity contribution in [2.24, 2.45) is 20.5 Å². The lowest BCUT2D eigenvalue weighted by molar-refractivity contribution is -0.422. The Bertz CT molecular complexity index is 1760. The Morgan fingerprint density at radius 2 is 0.844 bits per heavy atom. The third kappa shape index (κ3) is 9.39. The molecule has 18 heteroatoms. The predicted octanol–water partition coefficient (Wildman–Crippen LogP) is 8.31. The van der Waals surface area contributed by atoms with Crippen LogP contribution in [0.1, 0.15) is 6.92 Å². The van der Waals surface area contributed by atoms with Crippen molar-refractivity contribution in [1.82, 2.24) is 0 Å². The van der Waals surface area contributed by atoms with Gasteiger partial charge in [0.15, 0.2) is 0 Å². The molecule has 0 radical (unpaired) electrons. The average molecular weight is 617 g/mol. The molecule has 4 aromatic carbocycles. The fourth-order valence-electron chi connectivity index (χ4n) is 3.53. The molecule has 0 fully saturated rings. The summed E-state index contributed by atoms with van der Waals surface area (Å²) in [7, 11) is 1.78. The smallest absolute Gasteiger partial charge is 0.348 e. The zero-order chi connectivity index (χ0) is 32.9. The van der Waals surface area contributed by atoms with E-state index in [2.05, 4.69) is 31.1 Å². The summed E-state index contributed by atoms with van der Waals surface area (Å²) in [5, 5.41) is 64.9. The summed E-state index contributed by atoms with van der Waals surface area (Å²) in [6.45, 7) is 2.78. The predicted molar refractivity (Wildman–Crippen MR) is 164 cm³/mol. The van der Waals surface area contributed by atoms with E-state index >= 15 is 0 Å². The summed E-state index contributed by atoms with van der Waals surface area (Å²) < 4.78 is 0. The van der Waals surface area contributed by atoms with Crippen LogP contribution in [0, 0.1) is 40.5 Å². The maximum atomic E-state index is 10.9. The highest BCUT2D eigenvalue weighted by atomic mass is 16.6. The first-order valence-corrected chi connectivity index (χ1v) is 12.8. The van der Waals surface area contributed by atoms with Crippen molar-refractivity contribution < 1.29 is 19.7 Å². The minimum atomic E-state index is -0.821. The molecule has 0 aliphatic rings. The second kappa shape index (κ2) is 15.5. The van der Waals surface area contributed by atoms with Crippen molar-refractivity contribution >= 4 is 56.9 Å². The zero-order valence-corrected chi connectivity index (χ0v) is 23.6. The lowest BCUT2D eigenvalue weighted by Crippen LogP contribution is -1.95. The van der Waals surface area contributed by atoms with E-state index in [0.29, 0.717) is 11.4 Å². The number of azo groups is 2. The molecule has 0 aliphatic carbocycles. The molecule has 0 aromatic heterocycles. The number of hydrogen-bond donors (Lipinski definition) is 2. The van der Waals surface area contributed by atoms with E-state index in [0.717, 1.165) is 42.2 Å². The van der Waals surface area contributed by atoms with Gasteiger partial charge in [0.1, 0.15) is 0 Å². The quantitative estimate of drug-likeness (QED) is 0.0925. The molecule has 0 unspecified atom stereocenters. The third-order valence-electron chi connectivity index (χ3n) is 5.67. The number of nitrogens with zero attached hydrogens (tertiary/aromatic N) is 8. The number of nitro benzene ring substituents is 4. The molecular weight excluding hydrogens is 592 g/mol. The van der Waals surface area contributed by atoms with Crippen molar-refractivity contribution in [1.29, 1.82) is 0 Å². The average Bonchev–Trinajstić information content (AvgIpc) is 3.03. The summed E-state index contributed by atoms with van der Waals surface area (Å²) in [5.74, 6) is 0. The largest absolute Gasteiger partial charge is 0.388 e. The maximum Gasteiger partial charge on any atom is 0.348 e. The number of nitro groups is 4. The fraction of sp³-hybridized carbons (Fsp3) is 0.111. The first kappa shape index (κ1) is 32.8. The van der Waals surface area contributed by atoms with Crippen molar-refractivity contribution in [3.05, 3.63) is 125 Å². The first-order chi connectivity index (χ1) is 21.5. The van der Waals surface area contributed by atoms with Crippen LogP contribution in [-0.4, -0.2) is 33.3 Å². The van der Waals surface area contributed by atoms with Gasteiger partial charge in [-0.3, -0.25) is 40.5 Å². The molecule has 45 heavy (non-hydrogen) atoms. The molecule has 0 amide bonds. The van der Waals surface area contributed by atoms with E-state index in [4.69, 9.17) is 0 Å². The van der Waals surface area contributed by atoms with Crippen molar-refractivity contribution in [3.63, 3.8) is 0 Å². The Hall–Kier alpha value is -6.72. The van der Waals surface area contributed by atoms with Gasteiger partial charge in [0.25, 0.3) is 0 Å². The molecule has 0 aliphatic heterocycles. The van der Waals surface area contributed by atoms with Crippen LogP contribution in [0.3, 0.4) is 0 Å². The number of hydrogen-bond acceptors (Lipinski definition) is 14. The Balaban J connectivity index is 0.000000246. The molecule has 230 valence electrons. The minimum Gasteiger partial charge on any atom is -0.388 e. The Labute approximate surface area is 253 Å². The molecule has 0 heterocycles. The van der Waals surface area contributed by atoms with Gasteiger partial charge in [0.2, 0.25) is 0 Å². The summed E-state index contributed by atoms with van der Waals surface area (Å²) >= 11 is 0. The Kier molecular flexibility index (Phi) is 11.3. The monoisotopic (exact) mass is 616 g/mol. The van der Waals surface area contributed by atoms with Crippen LogP contribution in [0.4, 0.5) is 56.9 Å². The topological polar surface area (TPSA) is 246 Å². The van der Waals surface area contributed by atoms with E-state index in [9.17, 15) is 40.5 Å². The minimum absolute atomic E-state index is 0.162. The van der Waals surface area contributed by atoms with E-state index in [1.54, 1.807) is 43.4 Å². The standard InChI is InChI=1S/C14H13N5O4.C13H11N5O4/c1-2-15-10-3-5-11(6-4-10)16-17-12-7-8-13(18(20)21)14(9-12)19(22)23;1-14-9-2-4-10(5-3-9)15-16-11-6-7-12(17(19)20)13(8-11)18(21)22/h3-9,15H,2H2,1H3;2-8,14H,1H3. The highest BCUT2D eigenvalue weighted by Crippen LogP contribution is 2.33. The van der Waals surface area contributed by atoms with Gasteiger partial charge in [-0.2, -0.15) is 20.5 Å².